The van der Waals surface area contributed by atoms with Crippen LogP contribution in [0.5, 0.6) is 0 Å². The largest absolute Gasteiger partial charge is 0.326 e. The van der Waals surface area contributed by atoms with Gasteiger partial charge in [-0.2, -0.15) is 5.26 Å². The van der Waals surface area contributed by atoms with Crippen LogP contribution in [0.1, 0.15) is 31.2 Å². The van der Waals surface area contributed by atoms with Crippen molar-refractivity contribution in [1.29, 1.82) is 5.26 Å². The molecule has 0 atom stereocenters. The Morgan fingerprint density at radius 1 is 0.808 bits per heavy atom. The second-order valence-electron chi connectivity index (χ2n) is 6.59. The minimum atomic E-state index is -0.0958. The zero-order chi connectivity index (χ0) is 18.4. The van der Waals surface area contributed by atoms with Gasteiger partial charge >= 0.3 is 0 Å². The fourth-order valence-corrected chi connectivity index (χ4v) is 3.29. The Hall–Kier alpha value is -3.13. The molecule has 2 N–H and O–H groups in total. The molecule has 3 rings (SSSR count). The number of rotatable bonds is 4. The third-order valence-corrected chi connectivity index (χ3v) is 4.77. The van der Waals surface area contributed by atoms with E-state index in [9.17, 15) is 9.59 Å². The van der Waals surface area contributed by atoms with Crippen LogP contribution in [0, 0.1) is 23.2 Å². The monoisotopic (exact) mass is 347 g/mol. The molecule has 1 aliphatic carbocycles. The van der Waals surface area contributed by atoms with Gasteiger partial charge in [0.25, 0.3) is 0 Å². The van der Waals surface area contributed by atoms with Gasteiger partial charge in [0, 0.05) is 23.2 Å². The van der Waals surface area contributed by atoms with Crippen LogP contribution >= 0.6 is 0 Å². The molecule has 2 amide bonds. The highest BCUT2D eigenvalue weighted by atomic mass is 16.2. The lowest BCUT2D eigenvalue weighted by Crippen LogP contribution is -2.32. The first-order valence-corrected chi connectivity index (χ1v) is 8.82. The first kappa shape index (κ1) is 17.7. The number of nitrogens with zero attached hydrogens (tertiary/aromatic N) is 1. The summed E-state index contributed by atoms with van der Waals surface area (Å²) in [6, 6.07) is 18.4. The fraction of sp³-hybridized carbons (Fsp3) is 0.286. The van der Waals surface area contributed by atoms with Gasteiger partial charge in [-0.25, -0.2) is 0 Å². The van der Waals surface area contributed by atoms with Gasteiger partial charge in [0.05, 0.1) is 11.6 Å². The van der Waals surface area contributed by atoms with E-state index < -0.39 is 0 Å². The van der Waals surface area contributed by atoms with Gasteiger partial charge in [0.1, 0.15) is 0 Å². The number of para-hydroxylation sites is 1. The number of nitriles is 1. The number of hydrogen-bond acceptors (Lipinski definition) is 3. The lowest BCUT2D eigenvalue weighted by molar-refractivity contribution is -0.125. The van der Waals surface area contributed by atoms with E-state index in [1.807, 2.05) is 30.3 Å². The highest BCUT2D eigenvalue weighted by molar-refractivity contribution is 5.94. The maximum atomic E-state index is 12.4. The zero-order valence-electron chi connectivity index (χ0n) is 14.4. The summed E-state index contributed by atoms with van der Waals surface area (Å²) in [6.07, 6.45) is 2.79. The van der Waals surface area contributed by atoms with Crippen molar-refractivity contribution in [1.82, 2.24) is 0 Å². The average molecular weight is 347 g/mol. The van der Waals surface area contributed by atoms with Gasteiger partial charge in [-0.05, 0) is 56.0 Å². The highest BCUT2D eigenvalue weighted by Crippen LogP contribution is 2.30. The van der Waals surface area contributed by atoms with Gasteiger partial charge in [-0.15, -0.1) is 0 Å². The van der Waals surface area contributed by atoms with E-state index in [0.29, 0.717) is 36.9 Å². The van der Waals surface area contributed by atoms with E-state index in [-0.39, 0.29) is 23.7 Å². The van der Waals surface area contributed by atoms with Crippen LogP contribution in [-0.4, -0.2) is 11.8 Å². The van der Waals surface area contributed by atoms with Crippen LogP contribution in [0.25, 0.3) is 0 Å². The molecule has 132 valence electrons. The Kier molecular flexibility index (Phi) is 5.65. The first-order valence-electron chi connectivity index (χ1n) is 8.82. The summed E-state index contributed by atoms with van der Waals surface area (Å²) in [4.78, 5) is 24.8. The van der Waals surface area contributed by atoms with Crippen molar-refractivity contribution >= 4 is 23.2 Å². The van der Waals surface area contributed by atoms with Crippen LogP contribution in [0.4, 0.5) is 11.4 Å². The topological polar surface area (TPSA) is 82.0 Å². The first-order chi connectivity index (χ1) is 12.7. The average Bonchev–Trinajstić information content (AvgIpc) is 2.69. The van der Waals surface area contributed by atoms with Crippen molar-refractivity contribution < 1.29 is 9.59 Å². The third kappa shape index (κ3) is 4.48. The zero-order valence-corrected chi connectivity index (χ0v) is 14.4. The van der Waals surface area contributed by atoms with E-state index in [0.717, 1.165) is 5.69 Å². The number of carbonyl (C=O) groups excluding carboxylic acids is 2. The minimum Gasteiger partial charge on any atom is -0.326 e. The number of carbonyl (C=O) groups is 2. The molecule has 0 spiro atoms. The Morgan fingerprint density at radius 3 is 1.92 bits per heavy atom. The number of benzene rings is 2. The van der Waals surface area contributed by atoms with E-state index in [1.54, 1.807) is 24.3 Å². The molecule has 1 fully saturated rings. The standard InChI is InChI=1S/C21H21N3O2/c22-14-15-5-4-8-19(13-15)24-21(26)17-11-9-16(10-12-17)20(25)23-18-6-2-1-3-7-18/h1-8,13,16-17H,9-12H2,(H,23,25)(H,24,26). The predicted molar refractivity (Wildman–Crippen MR) is 100 cm³/mol. The van der Waals surface area contributed by atoms with Crippen LogP contribution in [0.3, 0.4) is 0 Å². The quantitative estimate of drug-likeness (QED) is 0.879. The van der Waals surface area contributed by atoms with Crippen molar-refractivity contribution in [2.24, 2.45) is 11.8 Å². The summed E-state index contributed by atoms with van der Waals surface area (Å²) >= 11 is 0. The molecule has 2 aromatic rings. The number of hydrogen-bond donors (Lipinski definition) is 2. The van der Waals surface area contributed by atoms with Crippen molar-refractivity contribution in [3.05, 3.63) is 60.2 Å². The fourth-order valence-electron chi connectivity index (χ4n) is 3.29. The molecule has 0 radical (unpaired) electrons. The molecule has 1 aliphatic rings. The molecule has 0 unspecified atom stereocenters. The van der Waals surface area contributed by atoms with Gasteiger partial charge < -0.3 is 10.6 Å². The molecule has 0 saturated heterocycles. The number of nitrogens with one attached hydrogen (secondary N) is 2. The summed E-state index contributed by atoms with van der Waals surface area (Å²) in [6.45, 7) is 0. The summed E-state index contributed by atoms with van der Waals surface area (Å²) in [5.74, 6) is -0.165. The predicted octanol–water partition coefficient (Wildman–Crippen LogP) is 3.94. The third-order valence-electron chi connectivity index (χ3n) is 4.77. The molecule has 0 bridgehead atoms. The summed E-state index contributed by atoms with van der Waals surface area (Å²) < 4.78 is 0. The molecule has 1 saturated carbocycles. The van der Waals surface area contributed by atoms with Crippen molar-refractivity contribution in [2.45, 2.75) is 25.7 Å². The van der Waals surface area contributed by atoms with Crippen molar-refractivity contribution in [3.8, 4) is 6.07 Å². The smallest absolute Gasteiger partial charge is 0.227 e. The second kappa shape index (κ2) is 8.30. The van der Waals surface area contributed by atoms with Crippen LogP contribution < -0.4 is 10.6 Å². The molecule has 26 heavy (non-hydrogen) atoms. The second-order valence-corrected chi connectivity index (χ2v) is 6.59. The Labute approximate surface area is 153 Å². The van der Waals surface area contributed by atoms with Crippen LogP contribution in [0.15, 0.2) is 54.6 Å². The van der Waals surface area contributed by atoms with Crippen molar-refractivity contribution in [2.75, 3.05) is 10.6 Å². The van der Waals surface area contributed by atoms with E-state index >= 15 is 0 Å². The Balaban J connectivity index is 1.50. The summed E-state index contributed by atoms with van der Waals surface area (Å²) in [7, 11) is 0. The molecule has 0 aromatic heterocycles. The number of anilines is 2. The number of amides is 2. The Morgan fingerprint density at radius 2 is 1.35 bits per heavy atom. The van der Waals surface area contributed by atoms with Gasteiger partial charge in [0.2, 0.25) is 11.8 Å². The van der Waals surface area contributed by atoms with Crippen molar-refractivity contribution in [3.63, 3.8) is 0 Å². The molecular formula is C21H21N3O2. The lowest BCUT2D eigenvalue weighted by Gasteiger charge is -2.27. The minimum absolute atomic E-state index is 0.0248. The highest BCUT2D eigenvalue weighted by Gasteiger charge is 2.30. The van der Waals surface area contributed by atoms with Crippen LogP contribution in [-0.2, 0) is 9.59 Å². The maximum Gasteiger partial charge on any atom is 0.227 e. The van der Waals surface area contributed by atoms with E-state index in [2.05, 4.69) is 16.7 Å². The molecule has 5 nitrogen and oxygen atoms in total. The molecular weight excluding hydrogens is 326 g/mol. The Bertz CT molecular complexity index is 819. The molecule has 0 aliphatic heterocycles. The van der Waals surface area contributed by atoms with Gasteiger partial charge in [0.15, 0.2) is 0 Å². The van der Waals surface area contributed by atoms with Gasteiger partial charge in [-0.3, -0.25) is 9.59 Å². The maximum absolute atomic E-state index is 12.4. The van der Waals surface area contributed by atoms with E-state index in [4.69, 9.17) is 5.26 Å². The van der Waals surface area contributed by atoms with Crippen LogP contribution in [0.2, 0.25) is 0 Å². The SMILES string of the molecule is N#Cc1cccc(NC(=O)C2CCC(C(=O)Nc3ccccc3)CC2)c1. The lowest BCUT2D eigenvalue weighted by atomic mass is 9.81. The van der Waals surface area contributed by atoms with Gasteiger partial charge in [-0.1, -0.05) is 24.3 Å². The molecule has 2 aromatic carbocycles. The summed E-state index contributed by atoms with van der Waals surface area (Å²) in [5, 5.41) is 14.7. The summed E-state index contributed by atoms with van der Waals surface area (Å²) in [5.41, 5.74) is 1.96. The molecule has 5 heteroatoms. The normalized spacial score (nSPS) is 19.2. The van der Waals surface area contributed by atoms with E-state index in [1.165, 1.54) is 0 Å². The molecule has 0 heterocycles.